The highest BCUT2D eigenvalue weighted by molar-refractivity contribution is 7.96. The average Bonchev–Trinajstić information content (AvgIpc) is 2.61. The number of rotatable bonds is 21. The molecule has 0 amide bonds. The second-order valence-corrected chi connectivity index (χ2v) is 10.6. The molecule has 0 aromatic carbocycles. The molecule has 0 spiro atoms. The summed E-state index contributed by atoms with van der Waals surface area (Å²) in [6.07, 6.45) is 30.4. The summed E-state index contributed by atoms with van der Waals surface area (Å²) in [6.45, 7) is 4.62. The van der Waals surface area contributed by atoms with Crippen molar-refractivity contribution in [3.8, 4) is 0 Å². The minimum atomic E-state index is 0. The second-order valence-electron chi connectivity index (χ2n) is 8.20. The van der Waals surface area contributed by atoms with Crippen LogP contribution in [0.4, 0.5) is 0 Å². The molecule has 0 saturated heterocycles. The molecule has 0 rings (SSSR count). The van der Waals surface area contributed by atoms with Gasteiger partial charge in [0.2, 0.25) is 0 Å². The molecule has 1 atom stereocenters. The predicted molar refractivity (Wildman–Crippen MR) is 122 cm³/mol. The molecule has 0 aromatic rings. The van der Waals surface area contributed by atoms with Crippen molar-refractivity contribution in [1.29, 1.82) is 0 Å². The normalized spacial score (nSPS) is 12.1. The van der Waals surface area contributed by atoms with Gasteiger partial charge in [0.25, 0.3) is 0 Å². The zero-order chi connectivity index (χ0) is 18.4. The highest BCUT2D eigenvalue weighted by atomic mass is 35.5. The Kier molecular flexibility index (Phi) is 28.4. The Balaban J connectivity index is 0. The fourth-order valence-electron chi connectivity index (χ4n) is 3.70. The average molecular weight is 407 g/mol. The highest BCUT2D eigenvalue weighted by Gasteiger charge is 2.07. The van der Waals surface area contributed by atoms with Gasteiger partial charge in [-0.3, -0.25) is 0 Å². The first kappa shape index (κ1) is 28.8. The SMILES string of the molecule is CCCCCCCCCCCCCCCCCCCC[S+](C)CCC.[Cl-]. The van der Waals surface area contributed by atoms with Gasteiger partial charge < -0.3 is 12.4 Å². The van der Waals surface area contributed by atoms with Crippen molar-refractivity contribution in [2.75, 3.05) is 17.8 Å². The first-order valence-corrected chi connectivity index (χ1v) is 13.9. The molecule has 2 heteroatoms. The molecule has 0 aromatic heterocycles. The first-order chi connectivity index (χ1) is 12.3. The fourth-order valence-corrected chi connectivity index (χ4v) is 5.30. The van der Waals surface area contributed by atoms with Crippen LogP contribution in [0, 0.1) is 0 Å². The smallest absolute Gasteiger partial charge is 0.107 e. The molecule has 0 saturated carbocycles. The van der Waals surface area contributed by atoms with Gasteiger partial charge in [0, 0.05) is 0 Å². The van der Waals surface area contributed by atoms with Crippen LogP contribution in [-0.4, -0.2) is 17.8 Å². The van der Waals surface area contributed by atoms with Crippen LogP contribution >= 0.6 is 0 Å². The van der Waals surface area contributed by atoms with Gasteiger partial charge in [0.05, 0.1) is 6.26 Å². The lowest BCUT2D eigenvalue weighted by atomic mass is 10.0. The van der Waals surface area contributed by atoms with Crippen molar-refractivity contribution >= 4 is 10.9 Å². The number of halogens is 1. The topological polar surface area (TPSA) is 0 Å². The van der Waals surface area contributed by atoms with E-state index in [1.807, 2.05) is 0 Å². The van der Waals surface area contributed by atoms with Crippen molar-refractivity contribution < 1.29 is 12.4 Å². The van der Waals surface area contributed by atoms with Crippen LogP contribution < -0.4 is 12.4 Å². The molecule has 0 bridgehead atoms. The Bertz CT molecular complexity index is 232. The summed E-state index contributed by atoms with van der Waals surface area (Å²) in [5.74, 6) is 2.95. The van der Waals surface area contributed by atoms with Gasteiger partial charge in [0.15, 0.2) is 0 Å². The molecular weight excluding hydrogens is 356 g/mol. The lowest BCUT2D eigenvalue weighted by molar-refractivity contribution is -0.00000569. The zero-order valence-electron chi connectivity index (χ0n) is 18.6. The Morgan fingerprint density at radius 2 is 0.692 bits per heavy atom. The van der Waals surface area contributed by atoms with Crippen LogP contribution in [0.15, 0.2) is 0 Å². The minimum absolute atomic E-state index is 0. The Morgan fingerprint density at radius 3 is 1.00 bits per heavy atom. The first-order valence-electron chi connectivity index (χ1n) is 11.9. The zero-order valence-corrected chi connectivity index (χ0v) is 20.2. The van der Waals surface area contributed by atoms with Gasteiger partial charge >= 0.3 is 0 Å². The van der Waals surface area contributed by atoms with Crippen molar-refractivity contribution in [2.24, 2.45) is 0 Å². The molecule has 26 heavy (non-hydrogen) atoms. The van der Waals surface area contributed by atoms with Gasteiger partial charge in [-0.05, 0) is 30.2 Å². The lowest BCUT2D eigenvalue weighted by Gasteiger charge is -2.04. The lowest BCUT2D eigenvalue weighted by Crippen LogP contribution is -3.00. The molecule has 0 radical (unpaired) electrons. The summed E-state index contributed by atoms with van der Waals surface area (Å²) >= 11 is 0. The summed E-state index contributed by atoms with van der Waals surface area (Å²) in [4.78, 5) is 0. The third-order valence-corrected chi connectivity index (χ3v) is 7.49. The number of unbranched alkanes of at least 4 members (excludes halogenated alkanes) is 17. The van der Waals surface area contributed by atoms with E-state index in [1.54, 1.807) is 0 Å². The van der Waals surface area contributed by atoms with Crippen molar-refractivity contribution in [3.05, 3.63) is 0 Å². The molecule has 0 aliphatic heterocycles. The van der Waals surface area contributed by atoms with Crippen molar-refractivity contribution in [1.82, 2.24) is 0 Å². The monoisotopic (exact) mass is 406 g/mol. The van der Waals surface area contributed by atoms with E-state index in [9.17, 15) is 0 Å². The van der Waals surface area contributed by atoms with Gasteiger partial charge in [0.1, 0.15) is 11.5 Å². The molecule has 0 nitrogen and oxygen atoms in total. The maximum atomic E-state index is 2.46. The summed E-state index contributed by atoms with van der Waals surface area (Å²) in [7, 11) is 0.711. The Labute approximate surface area is 176 Å². The summed E-state index contributed by atoms with van der Waals surface area (Å²) in [5.41, 5.74) is 0. The van der Waals surface area contributed by atoms with Gasteiger partial charge in [-0.15, -0.1) is 0 Å². The predicted octanol–water partition coefficient (Wildman–Crippen LogP) is 5.69. The number of hydrogen-bond donors (Lipinski definition) is 0. The third-order valence-electron chi connectivity index (χ3n) is 5.40. The van der Waals surface area contributed by atoms with Crippen LogP contribution in [0.5, 0.6) is 0 Å². The largest absolute Gasteiger partial charge is 1.00 e. The molecule has 0 aliphatic carbocycles. The highest BCUT2D eigenvalue weighted by Crippen LogP contribution is 2.14. The van der Waals surface area contributed by atoms with E-state index in [1.165, 1.54) is 134 Å². The van der Waals surface area contributed by atoms with E-state index in [2.05, 4.69) is 20.1 Å². The van der Waals surface area contributed by atoms with Crippen LogP contribution in [0.25, 0.3) is 0 Å². The van der Waals surface area contributed by atoms with Crippen LogP contribution in [-0.2, 0) is 10.9 Å². The summed E-state index contributed by atoms with van der Waals surface area (Å²) in [5, 5.41) is 0. The maximum absolute atomic E-state index is 2.46. The molecule has 0 heterocycles. The van der Waals surface area contributed by atoms with E-state index in [4.69, 9.17) is 0 Å². The summed E-state index contributed by atoms with van der Waals surface area (Å²) < 4.78 is 0. The van der Waals surface area contributed by atoms with E-state index >= 15 is 0 Å². The van der Waals surface area contributed by atoms with Crippen LogP contribution in [0.1, 0.15) is 136 Å². The van der Waals surface area contributed by atoms with Crippen LogP contribution in [0.3, 0.4) is 0 Å². The minimum Gasteiger partial charge on any atom is -1.00 e. The van der Waals surface area contributed by atoms with Gasteiger partial charge in [-0.2, -0.15) is 0 Å². The third kappa shape index (κ3) is 24.6. The van der Waals surface area contributed by atoms with Gasteiger partial charge in [-0.25, -0.2) is 0 Å². The van der Waals surface area contributed by atoms with Crippen LogP contribution in [0.2, 0.25) is 0 Å². The van der Waals surface area contributed by atoms with Crippen molar-refractivity contribution in [3.63, 3.8) is 0 Å². The Morgan fingerprint density at radius 1 is 0.385 bits per heavy atom. The van der Waals surface area contributed by atoms with E-state index in [0.29, 0.717) is 10.9 Å². The Hall–Kier alpha value is 0.640. The molecule has 0 aliphatic rings. The van der Waals surface area contributed by atoms with Gasteiger partial charge in [-0.1, -0.05) is 117 Å². The standard InChI is InChI=1S/C24H51S.ClH/c1-4-6-7-8-9-10-11-12-13-14-15-16-17-18-19-20-21-22-24-25(3)23-5-2;/h4-24H2,1-3H3;1H/q+1;/p-1. The molecule has 0 N–H and O–H groups in total. The van der Waals surface area contributed by atoms with E-state index in [-0.39, 0.29) is 12.4 Å². The fraction of sp³-hybridized carbons (Fsp3) is 1.00. The molecule has 0 fully saturated rings. The summed E-state index contributed by atoms with van der Waals surface area (Å²) in [6, 6.07) is 0. The maximum Gasteiger partial charge on any atom is 0.107 e. The van der Waals surface area contributed by atoms with E-state index < -0.39 is 0 Å². The van der Waals surface area contributed by atoms with Crippen molar-refractivity contribution in [2.45, 2.75) is 136 Å². The molecule has 1 unspecified atom stereocenters. The van der Waals surface area contributed by atoms with E-state index in [0.717, 1.165) is 0 Å². The molecule has 160 valence electrons. The molecular formula is C24H51ClS. The number of hydrogen-bond acceptors (Lipinski definition) is 0. The quantitative estimate of drug-likeness (QED) is 0.169. The second kappa shape index (κ2) is 25.6.